The van der Waals surface area contributed by atoms with Gasteiger partial charge < -0.3 is 9.47 Å². The molecule has 3 nitrogen and oxygen atoms in total. The number of hydrogen-bond acceptors (Lipinski definition) is 3. The second-order valence-electron chi connectivity index (χ2n) is 5.05. The maximum absolute atomic E-state index is 10.9. The Morgan fingerprint density at radius 2 is 1.65 bits per heavy atom. The minimum absolute atomic E-state index is 0.122. The van der Waals surface area contributed by atoms with Crippen molar-refractivity contribution in [2.45, 2.75) is 58.5 Å². The molecule has 0 spiro atoms. The molecule has 1 aliphatic carbocycles. The number of carbonyl (C=O) groups is 1. The predicted octanol–water partition coefficient (Wildman–Crippen LogP) is 4.36. The summed E-state index contributed by atoms with van der Waals surface area (Å²) in [7, 11) is 0. The van der Waals surface area contributed by atoms with Crippen LogP contribution in [0.1, 0.15) is 52.4 Å². The van der Waals surface area contributed by atoms with E-state index in [4.69, 9.17) is 9.47 Å². The number of rotatable bonds is 5. The highest BCUT2D eigenvalue weighted by atomic mass is 16.6. The molecule has 2 rings (SSSR count). The second kappa shape index (κ2) is 10.3. The van der Waals surface area contributed by atoms with Gasteiger partial charge in [0.05, 0.1) is 0 Å². The maximum Gasteiger partial charge on any atom is 0.305 e. The van der Waals surface area contributed by atoms with Gasteiger partial charge in [-0.25, -0.2) is 0 Å². The lowest BCUT2D eigenvalue weighted by Gasteiger charge is -2.14. The first-order chi connectivity index (χ1) is 9.72. The Morgan fingerprint density at radius 1 is 1.10 bits per heavy atom. The SMILES string of the molecule is C1CCCC1.CCC(=O)OCC(C)Oc1ccccc1. The molecule has 1 saturated carbocycles. The molecular weight excluding hydrogens is 252 g/mol. The topological polar surface area (TPSA) is 35.5 Å². The highest BCUT2D eigenvalue weighted by molar-refractivity contribution is 5.68. The van der Waals surface area contributed by atoms with Crippen LogP contribution in [0.25, 0.3) is 0 Å². The van der Waals surface area contributed by atoms with Crippen molar-refractivity contribution in [1.29, 1.82) is 0 Å². The molecule has 0 aliphatic heterocycles. The van der Waals surface area contributed by atoms with Crippen LogP contribution in [0.3, 0.4) is 0 Å². The monoisotopic (exact) mass is 278 g/mol. The highest BCUT2D eigenvalue weighted by Crippen LogP contribution is 2.15. The molecular formula is C17H26O3. The lowest BCUT2D eigenvalue weighted by atomic mass is 10.3. The van der Waals surface area contributed by atoms with E-state index in [-0.39, 0.29) is 12.1 Å². The lowest BCUT2D eigenvalue weighted by Crippen LogP contribution is -2.21. The molecule has 1 aliphatic rings. The maximum atomic E-state index is 10.9. The summed E-state index contributed by atoms with van der Waals surface area (Å²) in [5.41, 5.74) is 0. The fourth-order valence-corrected chi connectivity index (χ4v) is 1.96. The summed E-state index contributed by atoms with van der Waals surface area (Å²) in [4.78, 5) is 10.9. The van der Waals surface area contributed by atoms with Gasteiger partial charge in [-0.1, -0.05) is 57.2 Å². The standard InChI is InChI=1S/C12H16O3.C5H10/c1-3-12(13)14-9-10(2)15-11-7-5-4-6-8-11;1-2-4-5-3-1/h4-8,10H,3,9H2,1-2H3;1-5H2. The van der Waals surface area contributed by atoms with Gasteiger partial charge in [-0.2, -0.15) is 0 Å². The third-order valence-corrected chi connectivity index (χ3v) is 3.10. The molecule has 1 fully saturated rings. The Labute approximate surface area is 122 Å². The van der Waals surface area contributed by atoms with E-state index in [0.29, 0.717) is 13.0 Å². The third kappa shape index (κ3) is 7.82. The van der Waals surface area contributed by atoms with Crippen LogP contribution >= 0.6 is 0 Å². The Hall–Kier alpha value is -1.51. The summed E-state index contributed by atoms with van der Waals surface area (Å²) in [6, 6.07) is 9.48. The fourth-order valence-electron chi connectivity index (χ4n) is 1.96. The van der Waals surface area contributed by atoms with Gasteiger partial charge in [-0.15, -0.1) is 0 Å². The number of esters is 1. The Kier molecular flexibility index (Phi) is 8.52. The number of para-hydroxylation sites is 1. The molecule has 0 aromatic heterocycles. The summed E-state index contributed by atoms with van der Waals surface area (Å²) in [5, 5.41) is 0. The average Bonchev–Trinajstić information content (AvgIpc) is 3.05. The van der Waals surface area contributed by atoms with Crippen LogP contribution in [-0.2, 0) is 9.53 Å². The summed E-state index contributed by atoms with van der Waals surface area (Å²) in [6.45, 7) is 3.93. The van der Waals surface area contributed by atoms with Crippen LogP contribution in [0.2, 0.25) is 0 Å². The molecule has 0 heterocycles. The van der Waals surface area contributed by atoms with Crippen LogP contribution in [-0.4, -0.2) is 18.7 Å². The fraction of sp³-hybridized carbons (Fsp3) is 0.588. The summed E-state index contributed by atoms with van der Waals surface area (Å²) < 4.78 is 10.5. The quantitative estimate of drug-likeness (QED) is 0.751. The first kappa shape index (κ1) is 16.5. The molecule has 1 unspecified atom stereocenters. The molecule has 1 atom stereocenters. The van der Waals surface area contributed by atoms with Crippen molar-refractivity contribution >= 4 is 5.97 Å². The van der Waals surface area contributed by atoms with Crippen LogP contribution in [0, 0.1) is 0 Å². The average molecular weight is 278 g/mol. The van der Waals surface area contributed by atoms with Crippen LogP contribution in [0.4, 0.5) is 0 Å². The molecule has 3 heteroatoms. The smallest absolute Gasteiger partial charge is 0.305 e. The van der Waals surface area contributed by atoms with Crippen molar-refractivity contribution in [3.8, 4) is 5.75 Å². The first-order valence-electron chi connectivity index (χ1n) is 7.59. The van der Waals surface area contributed by atoms with Crippen molar-refractivity contribution < 1.29 is 14.3 Å². The molecule has 0 bridgehead atoms. The molecule has 1 aromatic rings. The predicted molar refractivity (Wildman–Crippen MR) is 80.9 cm³/mol. The zero-order valence-electron chi connectivity index (χ0n) is 12.6. The Balaban J connectivity index is 0.000000333. The van der Waals surface area contributed by atoms with Gasteiger partial charge in [-0.05, 0) is 19.1 Å². The van der Waals surface area contributed by atoms with Gasteiger partial charge in [0, 0.05) is 6.42 Å². The summed E-state index contributed by atoms with van der Waals surface area (Å²) in [5.74, 6) is 0.594. The number of benzene rings is 1. The first-order valence-corrected chi connectivity index (χ1v) is 7.59. The van der Waals surface area contributed by atoms with Gasteiger partial charge in [0.25, 0.3) is 0 Å². The van der Waals surface area contributed by atoms with E-state index in [2.05, 4.69) is 0 Å². The zero-order valence-corrected chi connectivity index (χ0v) is 12.6. The van der Waals surface area contributed by atoms with Crippen molar-refractivity contribution in [3.63, 3.8) is 0 Å². The number of ether oxygens (including phenoxy) is 2. The molecule has 0 N–H and O–H groups in total. The largest absolute Gasteiger partial charge is 0.487 e. The second-order valence-corrected chi connectivity index (χ2v) is 5.05. The van der Waals surface area contributed by atoms with Gasteiger partial charge >= 0.3 is 5.97 Å². The van der Waals surface area contributed by atoms with E-state index in [1.165, 1.54) is 32.1 Å². The Bertz CT molecular complexity index is 350. The van der Waals surface area contributed by atoms with E-state index in [9.17, 15) is 4.79 Å². The zero-order chi connectivity index (χ0) is 14.6. The van der Waals surface area contributed by atoms with Crippen molar-refractivity contribution in [3.05, 3.63) is 30.3 Å². The summed E-state index contributed by atoms with van der Waals surface area (Å²) >= 11 is 0. The highest BCUT2D eigenvalue weighted by Gasteiger charge is 2.06. The normalized spacial score (nSPS) is 14.9. The Morgan fingerprint density at radius 3 is 2.15 bits per heavy atom. The summed E-state index contributed by atoms with van der Waals surface area (Å²) in [6.07, 6.45) is 7.78. The van der Waals surface area contributed by atoms with E-state index in [1.54, 1.807) is 6.92 Å². The third-order valence-electron chi connectivity index (χ3n) is 3.10. The lowest BCUT2D eigenvalue weighted by molar-refractivity contribution is -0.145. The molecule has 112 valence electrons. The minimum atomic E-state index is -0.196. The van der Waals surface area contributed by atoms with Crippen LogP contribution in [0.15, 0.2) is 30.3 Å². The number of carbonyl (C=O) groups excluding carboxylic acids is 1. The van der Waals surface area contributed by atoms with E-state index < -0.39 is 0 Å². The van der Waals surface area contributed by atoms with Crippen LogP contribution in [0.5, 0.6) is 5.75 Å². The molecule has 1 aromatic carbocycles. The van der Waals surface area contributed by atoms with Gasteiger partial charge in [0.2, 0.25) is 0 Å². The van der Waals surface area contributed by atoms with Gasteiger partial charge in [0.15, 0.2) is 0 Å². The van der Waals surface area contributed by atoms with Gasteiger partial charge in [0.1, 0.15) is 18.5 Å². The van der Waals surface area contributed by atoms with E-state index in [0.717, 1.165) is 5.75 Å². The minimum Gasteiger partial charge on any atom is -0.487 e. The van der Waals surface area contributed by atoms with E-state index in [1.807, 2.05) is 37.3 Å². The van der Waals surface area contributed by atoms with E-state index >= 15 is 0 Å². The van der Waals surface area contributed by atoms with Crippen molar-refractivity contribution in [1.82, 2.24) is 0 Å². The molecule has 0 saturated heterocycles. The molecule has 0 radical (unpaired) electrons. The molecule has 0 amide bonds. The number of hydrogen-bond donors (Lipinski definition) is 0. The van der Waals surface area contributed by atoms with Crippen molar-refractivity contribution in [2.75, 3.05) is 6.61 Å². The van der Waals surface area contributed by atoms with Crippen LogP contribution < -0.4 is 4.74 Å². The van der Waals surface area contributed by atoms with Gasteiger partial charge in [-0.3, -0.25) is 4.79 Å². The van der Waals surface area contributed by atoms with Crippen molar-refractivity contribution in [2.24, 2.45) is 0 Å². The molecule has 20 heavy (non-hydrogen) atoms.